The second-order valence-corrected chi connectivity index (χ2v) is 5.03. The van der Waals surface area contributed by atoms with Crippen molar-refractivity contribution in [3.63, 3.8) is 0 Å². The number of hydrogen-bond acceptors (Lipinski definition) is 4. The van der Waals surface area contributed by atoms with Crippen LogP contribution in [0.5, 0.6) is 0 Å². The predicted octanol–water partition coefficient (Wildman–Crippen LogP) is 2.70. The van der Waals surface area contributed by atoms with Gasteiger partial charge in [-0.15, -0.1) is 5.10 Å². The molecule has 0 aliphatic heterocycles. The SMILES string of the molecule is Cc1ccc(-n2cc(C(=O)Nc3cccc(C#N)c3)nn2)cc1. The molecular weight excluding hydrogens is 290 g/mol. The van der Waals surface area contributed by atoms with Crippen molar-refractivity contribution in [3.8, 4) is 11.8 Å². The van der Waals surface area contributed by atoms with Crippen molar-refractivity contribution in [1.29, 1.82) is 5.26 Å². The van der Waals surface area contributed by atoms with E-state index in [0.717, 1.165) is 11.3 Å². The van der Waals surface area contributed by atoms with E-state index in [1.165, 1.54) is 0 Å². The summed E-state index contributed by atoms with van der Waals surface area (Å²) >= 11 is 0. The minimum absolute atomic E-state index is 0.202. The summed E-state index contributed by atoms with van der Waals surface area (Å²) in [5.74, 6) is -0.376. The standard InChI is InChI=1S/C17H13N5O/c1-12-5-7-15(8-6-12)22-11-16(20-21-22)17(23)19-14-4-2-3-13(9-14)10-18/h2-9,11H,1H3,(H,19,23). The highest BCUT2D eigenvalue weighted by molar-refractivity contribution is 6.02. The molecule has 23 heavy (non-hydrogen) atoms. The molecule has 2 aromatic carbocycles. The highest BCUT2D eigenvalue weighted by Crippen LogP contribution is 2.12. The Balaban J connectivity index is 1.78. The van der Waals surface area contributed by atoms with Crippen molar-refractivity contribution in [2.75, 3.05) is 5.32 Å². The van der Waals surface area contributed by atoms with E-state index in [1.807, 2.05) is 37.3 Å². The summed E-state index contributed by atoms with van der Waals surface area (Å²) in [4.78, 5) is 12.2. The molecule has 1 heterocycles. The van der Waals surface area contributed by atoms with Gasteiger partial charge in [0.2, 0.25) is 0 Å². The van der Waals surface area contributed by atoms with Gasteiger partial charge in [-0.3, -0.25) is 4.79 Å². The summed E-state index contributed by atoms with van der Waals surface area (Å²) in [5, 5.41) is 19.4. The fourth-order valence-electron chi connectivity index (χ4n) is 2.05. The molecule has 0 atom stereocenters. The maximum atomic E-state index is 12.2. The van der Waals surface area contributed by atoms with E-state index < -0.39 is 0 Å². The van der Waals surface area contributed by atoms with E-state index >= 15 is 0 Å². The first-order valence-corrected chi connectivity index (χ1v) is 6.96. The molecule has 0 saturated heterocycles. The minimum atomic E-state index is -0.376. The Bertz CT molecular complexity index is 890. The van der Waals surface area contributed by atoms with Crippen molar-refractivity contribution in [2.45, 2.75) is 6.92 Å². The van der Waals surface area contributed by atoms with Crippen LogP contribution in [0, 0.1) is 18.3 Å². The first kappa shape index (κ1) is 14.5. The van der Waals surface area contributed by atoms with Crippen molar-refractivity contribution in [1.82, 2.24) is 15.0 Å². The topological polar surface area (TPSA) is 83.6 Å². The molecule has 112 valence electrons. The zero-order valence-corrected chi connectivity index (χ0v) is 12.4. The summed E-state index contributed by atoms with van der Waals surface area (Å²) in [6, 6.07) is 16.4. The number of rotatable bonds is 3. The van der Waals surface area contributed by atoms with Crippen LogP contribution >= 0.6 is 0 Å². The van der Waals surface area contributed by atoms with Crippen LogP contribution in [0.1, 0.15) is 21.6 Å². The molecule has 6 nitrogen and oxygen atoms in total. The van der Waals surface area contributed by atoms with Gasteiger partial charge in [0, 0.05) is 5.69 Å². The molecule has 1 N–H and O–H groups in total. The van der Waals surface area contributed by atoms with Crippen LogP contribution in [0.15, 0.2) is 54.7 Å². The van der Waals surface area contributed by atoms with Crippen LogP contribution in [0.2, 0.25) is 0 Å². The van der Waals surface area contributed by atoms with E-state index in [4.69, 9.17) is 5.26 Å². The normalized spacial score (nSPS) is 10.1. The minimum Gasteiger partial charge on any atom is -0.321 e. The van der Waals surface area contributed by atoms with Gasteiger partial charge in [0.15, 0.2) is 5.69 Å². The van der Waals surface area contributed by atoms with Gasteiger partial charge < -0.3 is 5.32 Å². The number of benzene rings is 2. The Morgan fingerprint density at radius 2 is 2.00 bits per heavy atom. The number of aryl methyl sites for hydroxylation is 1. The van der Waals surface area contributed by atoms with Crippen LogP contribution in [0.4, 0.5) is 5.69 Å². The van der Waals surface area contributed by atoms with Crippen molar-refractivity contribution < 1.29 is 4.79 Å². The maximum Gasteiger partial charge on any atom is 0.277 e. The largest absolute Gasteiger partial charge is 0.321 e. The molecule has 0 fully saturated rings. The molecule has 0 saturated carbocycles. The lowest BCUT2D eigenvalue weighted by molar-refractivity contribution is 0.102. The summed E-state index contributed by atoms with van der Waals surface area (Å²) < 4.78 is 1.54. The number of nitrogens with one attached hydrogen (secondary N) is 1. The number of anilines is 1. The first-order valence-electron chi connectivity index (χ1n) is 6.96. The molecule has 3 aromatic rings. The van der Waals surface area contributed by atoms with Gasteiger partial charge in [-0.2, -0.15) is 5.26 Å². The number of carbonyl (C=O) groups excluding carboxylic acids is 1. The monoisotopic (exact) mass is 303 g/mol. The average Bonchev–Trinajstić information content (AvgIpc) is 3.06. The lowest BCUT2D eigenvalue weighted by Crippen LogP contribution is -2.12. The highest BCUT2D eigenvalue weighted by Gasteiger charge is 2.12. The van der Waals surface area contributed by atoms with Crippen molar-refractivity contribution in [2.24, 2.45) is 0 Å². The molecule has 3 rings (SSSR count). The smallest absolute Gasteiger partial charge is 0.277 e. The third kappa shape index (κ3) is 3.24. The number of amides is 1. The Kier molecular flexibility index (Phi) is 3.85. The molecule has 0 spiro atoms. The number of aromatic nitrogens is 3. The Labute approximate surface area is 133 Å². The number of nitrogens with zero attached hydrogens (tertiary/aromatic N) is 4. The molecule has 0 bridgehead atoms. The number of carbonyl (C=O) groups is 1. The van der Waals surface area contributed by atoms with Crippen LogP contribution in [-0.2, 0) is 0 Å². The van der Waals surface area contributed by atoms with Gasteiger partial charge in [0.25, 0.3) is 5.91 Å². The Hall–Kier alpha value is -3.46. The fraction of sp³-hybridized carbons (Fsp3) is 0.0588. The number of nitriles is 1. The third-order valence-corrected chi connectivity index (χ3v) is 3.27. The molecular formula is C17H13N5O. The van der Waals surface area contributed by atoms with E-state index in [-0.39, 0.29) is 11.6 Å². The summed E-state index contributed by atoms with van der Waals surface area (Å²) in [6.07, 6.45) is 1.56. The van der Waals surface area contributed by atoms with Crippen molar-refractivity contribution in [3.05, 3.63) is 71.5 Å². The average molecular weight is 303 g/mol. The molecule has 0 aliphatic carbocycles. The molecule has 0 radical (unpaired) electrons. The van der Waals surface area contributed by atoms with Crippen LogP contribution in [0.3, 0.4) is 0 Å². The van der Waals surface area contributed by atoms with E-state index in [1.54, 1.807) is 35.1 Å². The third-order valence-electron chi connectivity index (χ3n) is 3.27. The second-order valence-electron chi connectivity index (χ2n) is 5.03. The summed E-state index contributed by atoms with van der Waals surface area (Å²) in [7, 11) is 0. The molecule has 0 unspecified atom stereocenters. The lowest BCUT2D eigenvalue weighted by atomic mass is 10.2. The number of hydrogen-bond donors (Lipinski definition) is 1. The van der Waals surface area contributed by atoms with Crippen LogP contribution in [0.25, 0.3) is 5.69 Å². The van der Waals surface area contributed by atoms with Gasteiger partial charge >= 0.3 is 0 Å². The first-order chi connectivity index (χ1) is 11.2. The Morgan fingerprint density at radius 3 is 2.74 bits per heavy atom. The maximum absolute atomic E-state index is 12.2. The summed E-state index contributed by atoms with van der Waals surface area (Å²) in [6.45, 7) is 2.00. The van der Waals surface area contributed by atoms with Gasteiger partial charge in [-0.05, 0) is 37.3 Å². The molecule has 0 aliphatic rings. The van der Waals surface area contributed by atoms with Gasteiger partial charge in [-0.25, -0.2) is 4.68 Å². The van der Waals surface area contributed by atoms with E-state index in [0.29, 0.717) is 11.3 Å². The van der Waals surface area contributed by atoms with E-state index in [9.17, 15) is 4.79 Å². The highest BCUT2D eigenvalue weighted by atomic mass is 16.2. The molecule has 6 heteroatoms. The van der Waals surface area contributed by atoms with Crippen LogP contribution < -0.4 is 5.32 Å². The van der Waals surface area contributed by atoms with Gasteiger partial charge in [0.1, 0.15) is 0 Å². The van der Waals surface area contributed by atoms with Gasteiger partial charge in [0.05, 0.1) is 23.5 Å². The lowest BCUT2D eigenvalue weighted by Gasteiger charge is -2.02. The fourth-order valence-corrected chi connectivity index (χ4v) is 2.05. The van der Waals surface area contributed by atoms with E-state index in [2.05, 4.69) is 15.6 Å². The zero-order chi connectivity index (χ0) is 16.2. The zero-order valence-electron chi connectivity index (χ0n) is 12.4. The summed E-state index contributed by atoms with van der Waals surface area (Å²) in [5.41, 5.74) is 3.19. The molecule has 1 aromatic heterocycles. The predicted molar refractivity (Wildman–Crippen MR) is 85.2 cm³/mol. The molecule has 1 amide bonds. The van der Waals surface area contributed by atoms with Crippen LogP contribution in [-0.4, -0.2) is 20.9 Å². The second kappa shape index (κ2) is 6.12. The van der Waals surface area contributed by atoms with Crippen molar-refractivity contribution >= 4 is 11.6 Å². The quantitative estimate of drug-likeness (QED) is 0.806. The van der Waals surface area contributed by atoms with Gasteiger partial charge in [-0.1, -0.05) is 29.0 Å². The Morgan fingerprint density at radius 1 is 1.22 bits per heavy atom.